The highest BCUT2D eigenvalue weighted by Gasteiger charge is 2.38. The third-order valence-electron chi connectivity index (χ3n) is 1.05. The second-order valence-electron chi connectivity index (χ2n) is 3.49. The third kappa shape index (κ3) is 29.8. The molecule has 30 heavy (non-hydrogen) atoms. The van der Waals surface area contributed by atoms with E-state index in [9.17, 15) is 0 Å². The molecule has 0 saturated carbocycles. The van der Waals surface area contributed by atoms with Crippen LogP contribution in [0.1, 0.15) is 0 Å². The maximum atomic E-state index is 5.73. The molecule has 0 aliphatic heterocycles. The molecule has 0 aliphatic carbocycles. The van der Waals surface area contributed by atoms with Gasteiger partial charge in [-0.2, -0.15) is 13.5 Å². The van der Waals surface area contributed by atoms with E-state index in [4.69, 9.17) is 202 Å². The molecule has 0 amide bonds. The fourth-order valence-electron chi connectivity index (χ4n) is 0.671. The Morgan fingerprint density at radius 1 is 0.367 bits per heavy atom. The minimum absolute atomic E-state index is 3.05. The van der Waals surface area contributed by atoms with Gasteiger partial charge < -0.3 is 0 Å². The lowest BCUT2D eigenvalue weighted by molar-refractivity contribution is 1.87. The summed E-state index contributed by atoms with van der Waals surface area (Å²) in [5.41, 5.74) is -6.22. The predicted octanol–water partition coefficient (Wildman–Crippen LogP) is 19.4. The highest BCUT2D eigenvalue weighted by atomic mass is 36.1. The van der Waals surface area contributed by atoms with Crippen LogP contribution in [-0.2, 0) is 0 Å². The second kappa shape index (κ2) is 15.3. The van der Waals surface area contributed by atoms with Gasteiger partial charge in [0.15, 0.2) is 67.4 Å². The molecular formula is Cl18N5P7+2. The summed E-state index contributed by atoms with van der Waals surface area (Å²) in [5, 5.41) is -6.22. The molecule has 184 valence electrons. The molecule has 0 bridgehead atoms. The van der Waals surface area contributed by atoms with E-state index in [1.54, 1.807) is 0 Å². The van der Waals surface area contributed by atoms with E-state index in [0.717, 1.165) is 0 Å². The van der Waals surface area contributed by atoms with Gasteiger partial charge in [0, 0.05) is 0 Å². The SMILES string of the molecule is ClP(Cl)(Cl)=NP(Cl)(Cl)=NP(Cl)(Cl)=N[P+](Cl)(Cl)Cl.ClP(Cl)(Cl)=NP(Cl)(Cl)=N[P+](Cl)(Cl)Cl. The van der Waals surface area contributed by atoms with Gasteiger partial charge in [-0.1, -0.05) is 0 Å². The number of hydrogen-bond donors (Lipinski definition) is 0. The molecular weight excluding hydrogens is 925 g/mol. The Kier molecular flexibility index (Phi) is 20.1. The molecule has 0 aromatic rings. The van der Waals surface area contributed by atoms with Crippen LogP contribution >= 0.6 is 241 Å². The minimum Gasteiger partial charge on any atom is -0.191 e. The molecule has 0 atom stereocenters. The molecule has 0 saturated heterocycles. The molecule has 0 rings (SSSR count). The highest BCUT2D eigenvalue weighted by molar-refractivity contribution is 8.36. The van der Waals surface area contributed by atoms with E-state index in [-0.39, 0.29) is 0 Å². The van der Waals surface area contributed by atoms with Crippen LogP contribution in [-0.4, -0.2) is 0 Å². The molecule has 0 heterocycles. The smallest absolute Gasteiger partial charge is 0.191 e. The van der Waals surface area contributed by atoms with Crippen LogP contribution in [0.3, 0.4) is 0 Å². The van der Waals surface area contributed by atoms with Gasteiger partial charge in [-0.3, -0.25) is 0 Å². The normalized spacial score (nSPS) is 14.3. The molecule has 0 unspecified atom stereocenters. The van der Waals surface area contributed by atoms with Crippen LogP contribution in [0.2, 0.25) is 0 Å². The van der Waals surface area contributed by atoms with Crippen LogP contribution in [0.4, 0.5) is 0 Å². The van der Waals surface area contributed by atoms with Crippen molar-refractivity contribution in [2.75, 3.05) is 0 Å². The zero-order valence-corrected chi connectivity index (χ0v) is 32.0. The molecule has 0 fully saturated rings. The van der Waals surface area contributed by atoms with Crippen molar-refractivity contribution in [1.29, 1.82) is 0 Å². The standard InChI is InChI=1S/Cl10N3P4.Cl8N2P3/c1-14(2,3)11-16(7,8)13-17(9,10)12-15(4,5)6;1-11(2,3)9-13(7,8)10-12(4,5)6/q2*+1. The van der Waals surface area contributed by atoms with E-state index in [0.29, 0.717) is 0 Å². The Labute approximate surface area is 259 Å². The van der Waals surface area contributed by atoms with Crippen molar-refractivity contribution in [1.82, 2.24) is 0 Å². The van der Waals surface area contributed by atoms with Crippen LogP contribution in [0.15, 0.2) is 22.6 Å². The van der Waals surface area contributed by atoms with Gasteiger partial charge in [-0.05, 0) is 144 Å². The minimum atomic E-state index is -3.39. The molecule has 0 aromatic carbocycles. The number of nitrogens with zero attached hydrogens (tertiary/aromatic N) is 5. The topological polar surface area (TPSA) is 61.8 Å². The van der Waals surface area contributed by atoms with Gasteiger partial charge in [0.05, 0.1) is 0 Å². The van der Waals surface area contributed by atoms with E-state index in [2.05, 4.69) is 22.6 Å². The fraction of sp³-hybridized carbons (Fsp3) is 0. The first-order valence-corrected chi connectivity index (χ1v) is 33.4. The lowest BCUT2D eigenvalue weighted by atomic mass is 13.9. The first-order valence-electron chi connectivity index (χ1n) is 5.04. The van der Waals surface area contributed by atoms with Gasteiger partial charge in [0.1, 0.15) is 0 Å². The van der Waals surface area contributed by atoms with Crippen molar-refractivity contribution in [2.24, 2.45) is 22.6 Å². The first-order chi connectivity index (χ1) is 12.5. The summed E-state index contributed by atoms with van der Waals surface area (Å²) in [6.07, 6.45) is 0. The van der Waals surface area contributed by atoms with Crippen molar-refractivity contribution < 1.29 is 0 Å². The van der Waals surface area contributed by atoms with E-state index in [1.165, 1.54) is 0 Å². The predicted molar refractivity (Wildman–Crippen MR) is 166 cm³/mol. The van der Waals surface area contributed by atoms with Crippen LogP contribution in [0.25, 0.3) is 0 Å². The summed E-state index contributed by atoms with van der Waals surface area (Å²) in [6.45, 7) is 0. The van der Waals surface area contributed by atoms with Crippen LogP contribution in [0.5, 0.6) is 0 Å². The van der Waals surface area contributed by atoms with Crippen molar-refractivity contribution in [3.05, 3.63) is 0 Å². The fourth-order valence-corrected chi connectivity index (χ4v) is 37.1. The van der Waals surface area contributed by atoms with Crippen molar-refractivity contribution in [3.8, 4) is 0 Å². The molecule has 30 heteroatoms. The summed E-state index contributed by atoms with van der Waals surface area (Å²) in [6, 6.07) is 0. The summed E-state index contributed by atoms with van der Waals surface area (Å²) in [7, 11) is 0. The molecule has 5 nitrogen and oxygen atoms in total. The maximum Gasteiger partial charge on any atom is 0.423 e. The largest absolute Gasteiger partial charge is 0.423 e. The first kappa shape index (κ1) is 39.4. The summed E-state index contributed by atoms with van der Waals surface area (Å²) in [5.74, 6) is -9.96. The zero-order chi connectivity index (χ0) is 25.0. The van der Waals surface area contributed by atoms with Gasteiger partial charge in [0.25, 0.3) is 17.7 Å². The highest BCUT2D eigenvalue weighted by Crippen LogP contribution is 2.87. The van der Waals surface area contributed by atoms with Crippen LogP contribution < -0.4 is 0 Å². The Hall–Kier alpha value is 7.23. The molecule has 0 aromatic heterocycles. The maximum absolute atomic E-state index is 5.73. The molecule has 0 N–H and O–H groups in total. The number of hydrogen-bond acceptors (Lipinski definition) is 2. The summed E-state index contributed by atoms with van der Waals surface area (Å²) < 4.78 is 17.6. The van der Waals surface area contributed by atoms with Gasteiger partial charge >= 0.3 is 10.9 Å². The second-order valence-corrected chi connectivity index (χ2v) is 47.0. The third-order valence-corrected chi connectivity index (χ3v) is 24.1. The summed E-state index contributed by atoms with van der Waals surface area (Å²) >= 11 is 99.4. The molecule has 0 aliphatic rings. The molecule has 0 spiro atoms. The Balaban J connectivity index is 0. The summed E-state index contributed by atoms with van der Waals surface area (Å²) in [4.78, 5) is 0. The lowest BCUT2D eigenvalue weighted by Gasteiger charge is -2.08. The Morgan fingerprint density at radius 3 is 0.833 bits per heavy atom. The van der Waals surface area contributed by atoms with Gasteiger partial charge in [-0.15, -0.1) is 0 Å². The van der Waals surface area contributed by atoms with Gasteiger partial charge in [-0.25, -0.2) is 0 Å². The van der Waals surface area contributed by atoms with Crippen molar-refractivity contribution in [2.45, 2.75) is 0 Å². The Morgan fingerprint density at radius 2 is 0.600 bits per heavy atom. The van der Waals surface area contributed by atoms with Gasteiger partial charge in [0.2, 0.25) is 10.2 Å². The quantitative estimate of drug-likeness (QED) is 0.247. The van der Waals surface area contributed by atoms with Crippen molar-refractivity contribution in [3.63, 3.8) is 0 Å². The van der Waals surface area contributed by atoms with E-state index in [1.807, 2.05) is 0 Å². The number of halogens is 18. The van der Waals surface area contributed by atoms with Crippen LogP contribution in [0, 0.1) is 0 Å². The van der Waals surface area contributed by atoms with E-state index >= 15 is 0 Å². The van der Waals surface area contributed by atoms with Crippen molar-refractivity contribution >= 4 is 241 Å². The average Bonchev–Trinajstić information content (AvgIpc) is 2.09. The average molecular weight is 925 g/mol. The molecule has 0 radical (unpaired) electrons. The zero-order valence-electron chi connectivity index (χ0n) is 12.2. The monoisotopic (exact) mass is 916 g/mol. The Bertz CT molecular complexity index is 824. The number of rotatable bonds is 5. The lowest BCUT2D eigenvalue weighted by Crippen LogP contribution is -1.56. The van der Waals surface area contributed by atoms with E-state index < -0.39 is 38.9 Å².